The molecule has 1 aliphatic heterocycles. The van der Waals surface area contributed by atoms with E-state index in [-0.39, 0.29) is 12.8 Å². The molecule has 73 heavy (non-hydrogen) atoms. The highest BCUT2D eigenvalue weighted by Crippen LogP contribution is 2.23. The largest absolute Gasteiger partial charge is 0.394 e. The normalized spacial score (nSPS) is 20.0. The van der Waals surface area contributed by atoms with Crippen molar-refractivity contribution in [2.24, 2.45) is 0 Å². The second-order valence-corrected chi connectivity index (χ2v) is 22.1. The average Bonchev–Trinajstić information content (AvgIpc) is 3.39. The Morgan fingerprint density at radius 1 is 0.466 bits per heavy atom. The molecule has 0 aromatic rings. The van der Waals surface area contributed by atoms with E-state index in [0.29, 0.717) is 12.8 Å². The third-order valence-electron chi connectivity index (χ3n) is 15.2. The van der Waals surface area contributed by atoms with Gasteiger partial charge in [-0.15, -0.1) is 0 Å². The molecule has 0 aromatic heterocycles. The third kappa shape index (κ3) is 39.6. The number of nitrogens with one attached hydrogen (secondary N) is 1. The summed E-state index contributed by atoms with van der Waals surface area (Å²) >= 11 is 0. The monoisotopic (exact) mass is 1040 g/mol. The van der Waals surface area contributed by atoms with Crippen LogP contribution in [-0.2, 0) is 14.3 Å². The topological polar surface area (TPSA) is 189 Å². The Balaban J connectivity index is 2.26. The van der Waals surface area contributed by atoms with Crippen LogP contribution in [0.5, 0.6) is 0 Å². The molecule has 9 atom stereocenters. The molecule has 9 unspecified atom stereocenters. The first-order valence-electron chi connectivity index (χ1n) is 31.2. The van der Waals surface area contributed by atoms with E-state index in [1.807, 2.05) is 0 Å². The summed E-state index contributed by atoms with van der Waals surface area (Å²) < 4.78 is 11.1. The molecule has 1 aliphatic rings. The molecule has 0 bridgehead atoms. The number of carbonyl (C=O) groups is 1. The SMILES string of the molecule is CCCCCCCCCCCCCC/C=C\CCCCCCCCCCCCCCC(O)C(=O)NC(COC1OC(CO)C(O)C(O)C1O)C(O)C(O)CCC/C=C/CCCCCCCCCCCCCCC. The van der Waals surface area contributed by atoms with Gasteiger partial charge in [-0.2, -0.15) is 0 Å². The van der Waals surface area contributed by atoms with Crippen LogP contribution in [0.4, 0.5) is 0 Å². The Morgan fingerprint density at radius 2 is 0.808 bits per heavy atom. The number of ether oxygens (including phenoxy) is 2. The molecule has 0 spiro atoms. The fourth-order valence-electron chi connectivity index (χ4n) is 10.1. The highest BCUT2D eigenvalue weighted by atomic mass is 16.7. The summed E-state index contributed by atoms with van der Waals surface area (Å²) in [5.74, 6) is -0.703. The van der Waals surface area contributed by atoms with E-state index >= 15 is 0 Å². The maximum absolute atomic E-state index is 13.2. The van der Waals surface area contributed by atoms with Crippen molar-refractivity contribution >= 4 is 5.91 Å². The quantitative estimate of drug-likeness (QED) is 0.0215. The molecule has 0 saturated carbocycles. The van der Waals surface area contributed by atoms with Crippen molar-refractivity contribution in [1.29, 1.82) is 0 Å². The van der Waals surface area contributed by atoms with Crippen molar-refractivity contribution in [1.82, 2.24) is 5.32 Å². The van der Waals surface area contributed by atoms with Crippen molar-refractivity contribution in [2.45, 2.75) is 351 Å². The second kappa shape index (κ2) is 51.4. The first kappa shape index (κ1) is 69.6. The predicted molar refractivity (Wildman–Crippen MR) is 302 cm³/mol. The molecule has 1 heterocycles. The van der Waals surface area contributed by atoms with E-state index in [9.17, 15) is 40.5 Å². The maximum Gasteiger partial charge on any atom is 0.249 e. The van der Waals surface area contributed by atoms with Crippen LogP contribution < -0.4 is 5.32 Å². The maximum atomic E-state index is 13.2. The molecule has 1 fully saturated rings. The minimum Gasteiger partial charge on any atom is -0.394 e. The lowest BCUT2D eigenvalue weighted by Gasteiger charge is -2.40. The van der Waals surface area contributed by atoms with Crippen molar-refractivity contribution in [3.8, 4) is 0 Å². The van der Waals surface area contributed by atoms with Gasteiger partial charge in [-0.05, 0) is 64.2 Å². The van der Waals surface area contributed by atoms with Gasteiger partial charge >= 0.3 is 0 Å². The van der Waals surface area contributed by atoms with Crippen LogP contribution in [0.2, 0.25) is 0 Å². The molecule has 11 nitrogen and oxygen atoms in total. The van der Waals surface area contributed by atoms with Crippen molar-refractivity contribution in [3.05, 3.63) is 24.3 Å². The Hall–Kier alpha value is -1.41. The lowest BCUT2D eigenvalue weighted by molar-refractivity contribution is -0.303. The lowest BCUT2D eigenvalue weighted by Crippen LogP contribution is -2.60. The average molecular weight is 1040 g/mol. The Morgan fingerprint density at radius 3 is 1.18 bits per heavy atom. The Kier molecular flexibility index (Phi) is 49.0. The van der Waals surface area contributed by atoms with Gasteiger partial charge in [-0.25, -0.2) is 0 Å². The Bertz CT molecular complexity index is 1240. The van der Waals surface area contributed by atoms with Gasteiger partial charge in [0.1, 0.15) is 36.6 Å². The first-order valence-corrected chi connectivity index (χ1v) is 31.2. The summed E-state index contributed by atoms with van der Waals surface area (Å²) in [7, 11) is 0. The van der Waals surface area contributed by atoms with Gasteiger partial charge in [-0.1, -0.05) is 256 Å². The van der Waals surface area contributed by atoms with Crippen LogP contribution in [0.15, 0.2) is 24.3 Å². The van der Waals surface area contributed by atoms with E-state index in [0.717, 1.165) is 38.5 Å². The number of amides is 1. The summed E-state index contributed by atoms with van der Waals surface area (Å²) in [6.07, 6.45) is 51.0. The summed E-state index contributed by atoms with van der Waals surface area (Å²) in [5, 5.41) is 76.2. The van der Waals surface area contributed by atoms with E-state index in [1.54, 1.807) is 0 Å². The predicted octanol–water partition coefficient (Wildman–Crippen LogP) is 13.7. The van der Waals surface area contributed by atoms with E-state index < -0.39 is 74.2 Å². The number of aliphatic hydroxyl groups excluding tert-OH is 7. The molecule has 1 rings (SSSR count). The highest BCUT2D eigenvalue weighted by molar-refractivity contribution is 5.80. The fraction of sp³-hybridized carbons (Fsp3) is 0.919. The van der Waals surface area contributed by atoms with Crippen molar-refractivity contribution < 1.29 is 50.0 Å². The number of hydrogen-bond donors (Lipinski definition) is 8. The molecule has 8 N–H and O–H groups in total. The molecule has 0 aliphatic carbocycles. The molecule has 1 amide bonds. The van der Waals surface area contributed by atoms with E-state index in [1.165, 1.54) is 218 Å². The highest BCUT2D eigenvalue weighted by Gasteiger charge is 2.44. The third-order valence-corrected chi connectivity index (χ3v) is 15.2. The number of aliphatic hydroxyl groups is 7. The van der Waals surface area contributed by atoms with Crippen LogP contribution in [0.3, 0.4) is 0 Å². The summed E-state index contributed by atoms with van der Waals surface area (Å²) in [6.45, 7) is 3.48. The zero-order valence-electron chi connectivity index (χ0n) is 47.4. The van der Waals surface area contributed by atoms with Gasteiger partial charge in [-0.3, -0.25) is 4.79 Å². The molecule has 432 valence electrons. The molecule has 0 radical (unpaired) electrons. The van der Waals surface area contributed by atoms with Gasteiger partial charge < -0.3 is 50.5 Å². The minimum atomic E-state index is -1.67. The summed E-state index contributed by atoms with van der Waals surface area (Å²) in [6, 6.07) is -1.18. The van der Waals surface area contributed by atoms with Crippen molar-refractivity contribution in [2.75, 3.05) is 13.2 Å². The second-order valence-electron chi connectivity index (χ2n) is 22.1. The van der Waals surface area contributed by atoms with Gasteiger partial charge in [0, 0.05) is 0 Å². The number of allylic oxidation sites excluding steroid dienone is 4. The first-order chi connectivity index (χ1) is 35.7. The van der Waals surface area contributed by atoms with Crippen molar-refractivity contribution in [3.63, 3.8) is 0 Å². The lowest BCUT2D eigenvalue weighted by atomic mass is 9.98. The zero-order chi connectivity index (χ0) is 53.3. The molecule has 0 aromatic carbocycles. The van der Waals surface area contributed by atoms with E-state index in [4.69, 9.17) is 9.47 Å². The standard InChI is InChI=1S/C62H119NO10/c1-3-5-7-9-11-13-15-17-19-21-23-24-25-26-27-28-29-30-31-32-34-36-38-40-42-44-46-48-50-55(66)61(71)63-53(52-72-62-60(70)59(69)58(68)56(51-64)73-62)57(67)54(65)49-47-45-43-41-39-37-35-33-22-20-18-16-14-12-10-8-6-4-2/h26-27,41,43,53-60,62,64-70H,3-25,28-40,42,44-52H2,1-2H3,(H,63,71)/b27-26-,43-41+. The molecule has 11 heteroatoms. The molecular weight excluding hydrogens is 919 g/mol. The Labute approximate surface area is 448 Å². The number of hydrogen-bond acceptors (Lipinski definition) is 10. The zero-order valence-corrected chi connectivity index (χ0v) is 47.4. The van der Waals surface area contributed by atoms with Gasteiger partial charge in [0.15, 0.2) is 6.29 Å². The van der Waals surface area contributed by atoms with Crippen LogP contribution >= 0.6 is 0 Å². The number of rotatable bonds is 54. The fourth-order valence-corrected chi connectivity index (χ4v) is 10.1. The van der Waals surface area contributed by atoms with Gasteiger partial charge in [0.2, 0.25) is 5.91 Å². The summed E-state index contributed by atoms with van der Waals surface area (Å²) in [5.41, 5.74) is 0. The van der Waals surface area contributed by atoms with Crippen LogP contribution in [0, 0.1) is 0 Å². The number of carbonyl (C=O) groups excluding carboxylic acids is 1. The molecule has 1 saturated heterocycles. The van der Waals surface area contributed by atoms with Crippen LogP contribution in [-0.4, -0.2) is 110 Å². The smallest absolute Gasteiger partial charge is 0.249 e. The van der Waals surface area contributed by atoms with Gasteiger partial charge in [0.25, 0.3) is 0 Å². The van der Waals surface area contributed by atoms with E-state index in [2.05, 4.69) is 43.5 Å². The van der Waals surface area contributed by atoms with Crippen LogP contribution in [0.25, 0.3) is 0 Å². The molecular formula is C62H119NO10. The summed E-state index contributed by atoms with van der Waals surface area (Å²) in [4.78, 5) is 13.2. The number of unbranched alkanes of at least 4 members (excludes halogenated alkanes) is 38. The van der Waals surface area contributed by atoms with Gasteiger partial charge in [0.05, 0.1) is 25.4 Å². The minimum absolute atomic E-state index is 0.256. The van der Waals surface area contributed by atoms with Crippen LogP contribution in [0.1, 0.15) is 296 Å².